The standard InChI is InChI=1S/C23H20F3N5O5/c1-9-6-10(2)18(36-20(33)23(24,25)26)15-16(9)28-22(30-19(15)32)31-21-27-11(3)13-7-12(34-4)8-14(35-5)17(13)29-21/h6-8H,1-5H3,(H2,27,28,29,30,31,32). The first kappa shape index (κ1) is 24.7. The SMILES string of the molecule is COc1cc(OC)c2nc(Nc3nc4c(C)cc(C)c(OC(=O)C(F)(F)F)c4c(=O)[nH]3)nc(C)c2c1. The molecule has 0 saturated heterocycles. The number of hydrogen-bond acceptors (Lipinski definition) is 9. The van der Waals surface area contributed by atoms with Crippen molar-refractivity contribution < 1.29 is 32.2 Å². The Morgan fingerprint density at radius 1 is 0.972 bits per heavy atom. The average Bonchev–Trinajstić information content (AvgIpc) is 2.80. The highest BCUT2D eigenvalue weighted by molar-refractivity contribution is 5.92. The molecule has 4 rings (SSSR count). The average molecular weight is 503 g/mol. The van der Waals surface area contributed by atoms with E-state index in [0.29, 0.717) is 33.7 Å². The molecule has 0 fully saturated rings. The van der Waals surface area contributed by atoms with Crippen LogP contribution in [0, 0.1) is 20.8 Å². The first-order chi connectivity index (χ1) is 16.9. The highest BCUT2D eigenvalue weighted by atomic mass is 19.4. The van der Waals surface area contributed by atoms with Gasteiger partial charge < -0.3 is 14.2 Å². The molecule has 0 atom stereocenters. The number of carbonyl (C=O) groups excluding carboxylic acids is 1. The van der Waals surface area contributed by atoms with Crippen LogP contribution in [0.5, 0.6) is 17.2 Å². The summed E-state index contributed by atoms with van der Waals surface area (Å²) in [6.45, 7) is 4.79. The lowest BCUT2D eigenvalue weighted by Crippen LogP contribution is -2.29. The van der Waals surface area contributed by atoms with Gasteiger partial charge in [0, 0.05) is 11.5 Å². The van der Waals surface area contributed by atoms with Crippen LogP contribution in [0.3, 0.4) is 0 Å². The van der Waals surface area contributed by atoms with Gasteiger partial charge in [-0.05, 0) is 38.0 Å². The number of hydrogen-bond donors (Lipinski definition) is 2. The number of aryl methyl sites for hydroxylation is 3. The number of alkyl halides is 3. The number of benzene rings is 2. The third-order valence-electron chi connectivity index (χ3n) is 5.35. The molecule has 36 heavy (non-hydrogen) atoms. The number of carbonyl (C=O) groups is 1. The number of ether oxygens (including phenoxy) is 3. The summed E-state index contributed by atoms with van der Waals surface area (Å²) in [4.78, 5) is 39.9. The summed E-state index contributed by atoms with van der Waals surface area (Å²) in [6, 6.07) is 4.87. The third kappa shape index (κ3) is 4.46. The number of halogens is 3. The van der Waals surface area contributed by atoms with E-state index in [9.17, 15) is 22.8 Å². The van der Waals surface area contributed by atoms with Crippen LogP contribution in [0.15, 0.2) is 23.0 Å². The van der Waals surface area contributed by atoms with Crippen LogP contribution in [0.1, 0.15) is 16.8 Å². The van der Waals surface area contributed by atoms with E-state index >= 15 is 0 Å². The Morgan fingerprint density at radius 2 is 1.69 bits per heavy atom. The van der Waals surface area contributed by atoms with E-state index in [1.54, 1.807) is 26.0 Å². The van der Waals surface area contributed by atoms with Crippen molar-refractivity contribution in [2.24, 2.45) is 0 Å². The van der Waals surface area contributed by atoms with Crippen LogP contribution in [-0.2, 0) is 4.79 Å². The van der Waals surface area contributed by atoms with Gasteiger partial charge in [-0.2, -0.15) is 13.2 Å². The van der Waals surface area contributed by atoms with Gasteiger partial charge in [0.15, 0.2) is 0 Å². The van der Waals surface area contributed by atoms with Gasteiger partial charge in [0.2, 0.25) is 11.9 Å². The Hall–Kier alpha value is -4.42. The Kier molecular flexibility index (Phi) is 6.16. The van der Waals surface area contributed by atoms with E-state index in [1.165, 1.54) is 27.2 Å². The quantitative estimate of drug-likeness (QED) is 0.306. The minimum absolute atomic E-state index is 0.0386. The van der Waals surface area contributed by atoms with Crippen molar-refractivity contribution in [3.8, 4) is 17.2 Å². The zero-order chi connectivity index (χ0) is 26.4. The zero-order valence-corrected chi connectivity index (χ0v) is 19.7. The number of fused-ring (bicyclic) bond motifs is 2. The number of methoxy groups -OCH3 is 2. The van der Waals surface area contributed by atoms with Gasteiger partial charge in [0.25, 0.3) is 5.56 Å². The molecule has 0 aliphatic carbocycles. The van der Waals surface area contributed by atoms with Crippen molar-refractivity contribution in [3.63, 3.8) is 0 Å². The van der Waals surface area contributed by atoms with Crippen LogP contribution in [0.4, 0.5) is 25.1 Å². The van der Waals surface area contributed by atoms with Crippen LogP contribution in [0.2, 0.25) is 0 Å². The van der Waals surface area contributed by atoms with Gasteiger partial charge in [-0.15, -0.1) is 0 Å². The lowest BCUT2D eigenvalue weighted by atomic mass is 10.1. The third-order valence-corrected chi connectivity index (χ3v) is 5.35. The molecule has 2 N–H and O–H groups in total. The van der Waals surface area contributed by atoms with Crippen molar-refractivity contribution in [2.75, 3.05) is 19.5 Å². The molecule has 4 aromatic rings. The second kappa shape index (κ2) is 8.98. The molecule has 188 valence electrons. The van der Waals surface area contributed by atoms with Crippen LogP contribution in [0.25, 0.3) is 21.8 Å². The number of aromatic amines is 1. The molecule has 0 bridgehead atoms. The number of H-pyrrole nitrogens is 1. The number of rotatable bonds is 5. The van der Waals surface area contributed by atoms with Crippen LogP contribution in [-0.4, -0.2) is 46.3 Å². The maximum atomic E-state index is 12.9. The molecule has 0 spiro atoms. The smallest absolute Gasteiger partial charge is 0.491 e. The zero-order valence-electron chi connectivity index (χ0n) is 19.7. The number of aromatic nitrogens is 4. The van der Waals surface area contributed by atoms with Crippen molar-refractivity contribution in [2.45, 2.75) is 26.9 Å². The maximum absolute atomic E-state index is 12.9. The second-order valence-corrected chi connectivity index (χ2v) is 7.85. The number of nitrogens with one attached hydrogen (secondary N) is 2. The number of anilines is 2. The summed E-state index contributed by atoms with van der Waals surface area (Å²) in [5.41, 5.74) is 0.922. The largest absolute Gasteiger partial charge is 0.497 e. The van der Waals surface area contributed by atoms with Gasteiger partial charge in [0.1, 0.15) is 28.2 Å². The fraction of sp³-hybridized carbons (Fsp3) is 0.261. The van der Waals surface area contributed by atoms with E-state index in [2.05, 4.69) is 30.0 Å². The summed E-state index contributed by atoms with van der Waals surface area (Å²) in [5.74, 6) is -1.96. The molecule has 0 aliphatic rings. The second-order valence-electron chi connectivity index (χ2n) is 7.85. The topological polar surface area (TPSA) is 128 Å². The predicted molar refractivity (Wildman–Crippen MR) is 124 cm³/mol. The van der Waals surface area contributed by atoms with Crippen molar-refractivity contribution in [1.82, 2.24) is 19.9 Å². The minimum atomic E-state index is -5.23. The highest BCUT2D eigenvalue weighted by Gasteiger charge is 2.42. The highest BCUT2D eigenvalue weighted by Crippen LogP contribution is 2.33. The normalized spacial score (nSPS) is 11.6. The summed E-state index contributed by atoms with van der Waals surface area (Å²) in [7, 11) is 3.00. The monoisotopic (exact) mass is 503 g/mol. The molecular formula is C23H20F3N5O5. The van der Waals surface area contributed by atoms with E-state index in [0.717, 1.165) is 0 Å². The van der Waals surface area contributed by atoms with E-state index < -0.39 is 23.5 Å². The molecule has 2 aromatic carbocycles. The lowest BCUT2D eigenvalue weighted by molar-refractivity contribution is -0.189. The maximum Gasteiger partial charge on any atom is 0.491 e. The number of esters is 1. The first-order valence-corrected chi connectivity index (χ1v) is 10.4. The van der Waals surface area contributed by atoms with E-state index in [1.807, 2.05) is 0 Å². The van der Waals surface area contributed by atoms with Gasteiger partial charge in [-0.3, -0.25) is 15.1 Å². The van der Waals surface area contributed by atoms with Gasteiger partial charge >= 0.3 is 12.1 Å². The van der Waals surface area contributed by atoms with Gasteiger partial charge in [-0.1, -0.05) is 6.07 Å². The molecule has 0 aliphatic heterocycles. The Balaban J connectivity index is 1.81. The summed E-state index contributed by atoms with van der Waals surface area (Å²) < 4.78 is 53.5. The molecule has 2 heterocycles. The summed E-state index contributed by atoms with van der Waals surface area (Å²) in [6.07, 6.45) is -5.23. The lowest BCUT2D eigenvalue weighted by Gasteiger charge is -2.14. The fourth-order valence-electron chi connectivity index (χ4n) is 3.73. The molecule has 13 heteroatoms. The van der Waals surface area contributed by atoms with E-state index in [4.69, 9.17) is 9.47 Å². The van der Waals surface area contributed by atoms with Gasteiger partial charge in [-0.25, -0.2) is 19.7 Å². The molecule has 2 aromatic heterocycles. The molecule has 0 radical (unpaired) electrons. The van der Waals surface area contributed by atoms with E-state index in [-0.39, 0.29) is 28.4 Å². The molecule has 0 saturated carbocycles. The number of nitrogens with zero attached hydrogens (tertiary/aromatic N) is 3. The molecular weight excluding hydrogens is 483 g/mol. The predicted octanol–water partition coefficient (Wildman–Crippen LogP) is 4.02. The molecule has 0 unspecified atom stereocenters. The Morgan fingerprint density at radius 3 is 2.33 bits per heavy atom. The van der Waals surface area contributed by atoms with Crippen LogP contribution >= 0.6 is 0 Å². The summed E-state index contributed by atoms with van der Waals surface area (Å²) in [5, 5.41) is 3.20. The Labute approximate surface area is 201 Å². The Bertz CT molecular complexity index is 1580. The molecule has 0 amide bonds. The summed E-state index contributed by atoms with van der Waals surface area (Å²) >= 11 is 0. The first-order valence-electron chi connectivity index (χ1n) is 10.4. The minimum Gasteiger partial charge on any atom is -0.497 e. The van der Waals surface area contributed by atoms with Crippen molar-refractivity contribution in [3.05, 3.63) is 45.4 Å². The molecule has 10 nitrogen and oxygen atoms in total. The van der Waals surface area contributed by atoms with Crippen LogP contribution < -0.4 is 25.1 Å². The van der Waals surface area contributed by atoms with Gasteiger partial charge in [0.05, 0.1) is 25.4 Å². The van der Waals surface area contributed by atoms with Crippen molar-refractivity contribution >= 4 is 39.7 Å². The fourth-order valence-corrected chi connectivity index (χ4v) is 3.73. The van der Waals surface area contributed by atoms with Crippen molar-refractivity contribution in [1.29, 1.82) is 0 Å².